The monoisotopic (exact) mass is 180 g/mol. The molecule has 3 heteroatoms. The second-order valence-electron chi connectivity index (χ2n) is 2.79. The number of hydrogen-bond acceptors (Lipinski definition) is 3. The van der Waals surface area contributed by atoms with E-state index in [1.165, 1.54) is 11.3 Å². The standard InChI is InChI=1S/C9H12N2S/c1-5(2)7-8(6(3)4)12-9(10)11-7/h1,3H2,2,4H3,(H2,10,11). The van der Waals surface area contributed by atoms with Crippen LogP contribution in [0.15, 0.2) is 13.2 Å². The fourth-order valence-electron chi connectivity index (χ4n) is 0.915. The fourth-order valence-corrected chi connectivity index (χ4v) is 1.75. The Labute approximate surface area is 76.4 Å². The molecule has 2 nitrogen and oxygen atoms in total. The van der Waals surface area contributed by atoms with Gasteiger partial charge in [0.2, 0.25) is 0 Å². The molecule has 12 heavy (non-hydrogen) atoms. The van der Waals surface area contributed by atoms with E-state index in [0.29, 0.717) is 5.13 Å². The predicted molar refractivity (Wildman–Crippen MR) is 55.9 cm³/mol. The molecule has 2 N–H and O–H groups in total. The van der Waals surface area contributed by atoms with Crippen molar-refractivity contribution in [2.45, 2.75) is 13.8 Å². The van der Waals surface area contributed by atoms with Crippen LogP contribution in [0.25, 0.3) is 11.1 Å². The third-order valence-corrected chi connectivity index (χ3v) is 2.48. The van der Waals surface area contributed by atoms with Crippen molar-refractivity contribution in [1.29, 1.82) is 0 Å². The largest absolute Gasteiger partial charge is 0.375 e. The van der Waals surface area contributed by atoms with Crippen LogP contribution in [0.1, 0.15) is 24.4 Å². The van der Waals surface area contributed by atoms with Crippen molar-refractivity contribution < 1.29 is 0 Å². The molecule has 1 heterocycles. The number of nitrogens with two attached hydrogens (primary N) is 1. The molecule has 64 valence electrons. The molecule has 0 fully saturated rings. The van der Waals surface area contributed by atoms with Crippen molar-refractivity contribution in [2.75, 3.05) is 5.73 Å². The number of allylic oxidation sites excluding steroid dienone is 2. The molecule has 0 amide bonds. The van der Waals surface area contributed by atoms with Crippen molar-refractivity contribution in [2.24, 2.45) is 0 Å². The minimum atomic E-state index is 0.575. The molecule has 0 radical (unpaired) electrons. The average molecular weight is 180 g/mol. The third-order valence-electron chi connectivity index (χ3n) is 1.44. The summed E-state index contributed by atoms with van der Waals surface area (Å²) in [5.74, 6) is 0. The normalized spacial score (nSPS) is 9.83. The summed E-state index contributed by atoms with van der Waals surface area (Å²) in [6.45, 7) is 11.5. The highest BCUT2D eigenvalue weighted by atomic mass is 32.1. The van der Waals surface area contributed by atoms with Gasteiger partial charge in [0.1, 0.15) is 0 Å². The number of thiazole rings is 1. The van der Waals surface area contributed by atoms with Gasteiger partial charge in [-0.2, -0.15) is 0 Å². The molecule has 0 aliphatic carbocycles. The van der Waals surface area contributed by atoms with E-state index < -0.39 is 0 Å². The number of hydrogen-bond donors (Lipinski definition) is 1. The predicted octanol–water partition coefficient (Wildman–Crippen LogP) is 2.79. The maximum absolute atomic E-state index is 5.58. The number of aromatic nitrogens is 1. The molecule has 0 unspecified atom stereocenters. The fraction of sp³-hybridized carbons (Fsp3) is 0.222. The smallest absolute Gasteiger partial charge is 0.181 e. The minimum Gasteiger partial charge on any atom is -0.375 e. The zero-order valence-corrected chi connectivity index (χ0v) is 8.16. The number of nitrogen functional groups attached to an aromatic ring is 1. The van der Waals surface area contributed by atoms with Gasteiger partial charge in [0.25, 0.3) is 0 Å². The molecule has 1 rings (SSSR count). The molecule has 0 saturated carbocycles. The summed E-state index contributed by atoms with van der Waals surface area (Å²) in [7, 11) is 0. The zero-order valence-electron chi connectivity index (χ0n) is 7.35. The molecule has 1 aromatic rings. The van der Waals surface area contributed by atoms with E-state index in [1.54, 1.807) is 0 Å². The van der Waals surface area contributed by atoms with Crippen LogP contribution in [-0.2, 0) is 0 Å². The lowest BCUT2D eigenvalue weighted by Crippen LogP contribution is -1.85. The van der Waals surface area contributed by atoms with Crippen LogP contribution in [0, 0.1) is 0 Å². The minimum absolute atomic E-state index is 0.575. The van der Waals surface area contributed by atoms with Crippen LogP contribution >= 0.6 is 11.3 Å². The first-order valence-electron chi connectivity index (χ1n) is 3.60. The van der Waals surface area contributed by atoms with Crippen LogP contribution in [0.4, 0.5) is 5.13 Å². The van der Waals surface area contributed by atoms with E-state index >= 15 is 0 Å². The molecule has 0 aromatic carbocycles. The van der Waals surface area contributed by atoms with Crippen molar-refractivity contribution in [3.05, 3.63) is 23.7 Å². The van der Waals surface area contributed by atoms with E-state index in [2.05, 4.69) is 18.1 Å². The van der Waals surface area contributed by atoms with Gasteiger partial charge in [-0.15, -0.1) is 0 Å². The third kappa shape index (κ3) is 1.56. The first kappa shape index (κ1) is 9.00. The van der Waals surface area contributed by atoms with Gasteiger partial charge in [0.05, 0.1) is 10.6 Å². The Morgan fingerprint density at radius 3 is 2.25 bits per heavy atom. The van der Waals surface area contributed by atoms with Crippen LogP contribution in [0.3, 0.4) is 0 Å². The second-order valence-corrected chi connectivity index (χ2v) is 3.82. The van der Waals surface area contributed by atoms with Crippen molar-refractivity contribution in [1.82, 2.24) is 4.98 Å². The van der Waals surface area contributed by atoms with Gasteiger partial charge >= 0.3 is 0 Å². The van der Waals surface area contributed by atoms with Gasteiger partial charge in [0, 0.05) is 0 Å². The first-order valence-corrected chi connectivity index (χ1v) is 4.42. The maximum Gasteiger partial charge on any atom is 0.181 e. The lowest BCUT2D eigenvalue weighted by Gasteiger charge is -1.97. The van der Waals surface area contributed by atoms with Gasteiger partial charge < -0.3 is 5.73 Å². The zero-order chi connectivity index (χ0) is 9.30. The molecular formula is C9H12N2S. The quantitative estimate of drug-likeness (QED) is 0.760. The Hall–Kier alpha value is -1.09. The lowest BCUT2D eigenvalue weighted by atomic mass is 10.1. The Kier molecular flexibility index (Phi) is 2.33. The van der Waals surface area contributed by atoms with Crippen LogP contribution in [0.5, 0.6) is 0 Å². The van der Waals surface area contributed by atoms with Gasteiger partial charge in [-0.1, -0.05) is 24.5 Å². The van der Waals surface area contributed by atoms with E-state index in [-0.39, 0.29) is 0 Å². The molecule has 0 saturated heterocycles. The molecule has 0 bridgehead atoms. The summed E-state index contributed by atoms with van der Waals surface area (Å²) in [4.78, 5) is 5.21. The highest BCUT2D eigenvalue weighted by molar-refractivity contribution is 7.16. The number of anilines is 1. The van der Waals surface area contributed by atoms with Crippen LogP contribution < -0.4 is 5.73 Å². The van der Waals surface area contributed by atoms with E-state index in [4.69, 9.17) is 5.73 Å². The molecule has 1 aromatic heterocycles. The van der Waals surface area contributed by atoms with E-state index in [0.717, 1.165) is 21.7 Å². The first-order chi connectivity index (χ1) is 5.52. The highest BCUT2D eigenvalue weighted by Crippen LogP contribution is 2.30. The van der Waals surface area contributed by atoms with Crippen molar-refractivity contribution >= 4 is 27.6 Å². The summed E-state index contributed by atoms with van der Waals surface area (Å²) in [6, 6.07) is 0. The summed E-state index contributed by atoms with van der Waals surface area (Å²) >= 11 is 1.46. The SMILES string of the molecule is C=C(C)c1nc(N)sc1C(=C)C. The van der Waals surface area contributed by atoms with Crippen LogP contribution in [-0.4, -0.2) is 4.98 Å². The van der Waals surface area contributed by atoms with Gasteiger partial charge in [-0.3, -0.25) is 0 Å². The Bertz CT molecular complexity index is 305. The molecular weight excluding hydrogens is 168 g/mol. The van der Waals surface area contributed by atoms with Gasteiger partial charge in [-0.25, -0.2) is 4.98 Å². The lowest BCUT2D eigenvalue weighted by molar-refractivity contribution is 1.34. The Morgan fingerprint density at radius 2 is 1.92 bits per heavy atom. The molecule has 0 aliphatic rings. The molecule has 0 atom stereocenters. The molecule has 0 spiro atoms. The second kappa shape index (κ2) is 3.11. The van der Waals surface area contributed by atoms with Gasteiger partial charge in [0.15, 0.2) is 5.13 Å². The van der Waals surface area contributed by atoms with Crippen molar-refractivity contribution in [3.8, 4) is 0 Å². The summed E-state index contributed by atoms with van der Waals surface area (Å²) in [5.41, 5.74) is 8.38. The number of rotatable bonds is 2. The van der Waals surface area contributed by atoms with Crippen LogP contribution in [0.2, 0.25) is 0 Å². The summed E-state index contributed by atoms with van der Waals surface area (Å²) < 4.78 is 0. The van der Waals surface area contributed by atoms with Crippen molar-refractivity contribution in [3.63, 3.8) is 0 Å². The maximum atomic E-state index is 5.58. The topological polar surface area (TPSA) is 38.9 Å². The van der Waals surface area contributed by atoms with E-state index in [9.17, 15) is 0 Å². The number of nitrogens with zero attached hydrogens (tertiary/aromatic N) is 1. The molecule has 0 aliphatic heterocycles. The summed E-state index contributed by atoms with van der Waals surface area (Å²) in [6.07, 6.45) is 0. The highest BCUT2D eigenvalue weighted by Gasteiger charge is 2.09. The van der Waals surface area contributed by atoms with Gasteiger partial charge in [-0.05, 0) is 25.0 Å². The van der Waals surface area contributed by atoms with E-state index in [1.807, 2.05) is 13.8 Å². The Morgan fingerprint density at radius 1 is 1.33 bits per heavy atom. The summed E-state index contributed by atoms with van der Waals surface area (Å²) in [5, 5.41) is 0.575. The Balaban J connectivity index is 3.26. The average Bonchev–Trinajstić information content (AvgIpc) is 2.31.